The summed E-state index contributed by atoms with van der Waals surface area (Å²) >= 11 is 0. The van der Waals surface area contributed by atoms with Crippen LogP contribution in [0, 0.1) is 5.82 Å². The number of aromatic nitrogens is 2. The summed E-state index contributed by atoms with van der Waals surface area (Å²) in [5.41, 5.74) is 0. The van der Waals surface area contributed by atoms with E-state index in [2.05, 4.69) is 9.97 Å². The standard InChI is InChI=1S/C14H16FN3O4S2/c15-11-1-3-12(4-2-11)23(19,20)13-5-7-18(8-6-13)24(21,22)14-9-16-10-17-14/h1-4,9-10,13H,5-8H2,(H,16,17). The van der Waals surface area contributed by atoms with Crippen LogP contribution in [-0.4, -0.2) is 49.4 Å². The monoisotopic (exact) mass is 373 g/mol. The topological polar surface area (TPSA) is 100 Å². The van der Waals surface area contributed by atoms with Crippen LogP contribution in [0.2, 0.25) is 0 Å². The highest BCUT2D eigenvalue weighted by Gasteiger charge is 2.36. The van der Waals surface area contributed by atoms with E-state index in [-0.39, 0.29) is 35.9 Å². The summed E-state index contributed by atoms with van der Waals surface area (Å²) in [4.78, 5) is 6.30. The third kappa shape index (κ3) is 3.08. The molecule has 0 bridgehead atoms. The zero-order valence-electron chi connectivity index (χ0n) is 12.6. The summed E-state index contributed by atoms with van der Waals surface area (Å²) in [6.45, 7) is 0.207. The smallest absolute Gasteiger partial charge is 0.260 e. The number of rotatable bonds is 4. The van der Waals surface area contributed by atoms with E-state index in [1.54, 1.807) is 0 Å². The molecule has 2 aromatic rings. The van der Waals surface area contributed by atoms with Crippen molar-refractivity contribution in [1.82, 2.24) is 14.3 Å². The van der Waals surface area contributed by atoms with Crippen LogP contribution in [0.15, 0.2) is 46.7 Å². The Morgan fingerprint density at radius 3 is 2.25 bits per heavy atom. The molecule has 1 aromatic heterocycles. The summed E-state index contributed by atoms with van der Waals surface area (Å²) in [6.07, 6.45) is 2.87. The molecule has 2 heterocycles. The number of sulfonamides is 1. The Morgan fingerprint density at radius 1 is 1.08 bits per heavy atom. The Morgan fingerprint density at radius 2 is 1.71 bits per heavy atom. The van der Waals surface area contributed by atoms with Gasteiger partial charge in [-0.15, -0.1) is 0 Å². The summed E-state index contributed by atoms with van der Waals surface area (Å²) < 4.78 is 64.1. The molecule has 0 spiro atoms. The van der Waals surface area contributed by atoms with E-state index in [1.165, 1.54) is 29.0 Å². The van der Waals surface area contributed by atoms with E-state index in [1.807, 2.05) is 0 Å². The molecular formula is C14H16FN3O4S2. The minimum atomic E-state index is -3.69. The van der Waals surface area contributed by atoms with Crippen LogP contribution in [-0.2, 0) is 19.9 Å². The van der Waals surface area contributed by atoms with Gasteiger partial charge in [0.25, 0.3) is 10.0 Å². The van der Waals surface area contributed by atoms with Crippen molar-refractivity contribution >= 4 is 19.9 Å². The maximum absolute atomic E-state index is 13.0. The van der Waals surface area contributed by atoms with Crippen molar-refractivity contribution in [2.45, 2.75) is 28.0 Å². The average Bonchev–Trinajstić information content (AvgIpc) is 3.11. The van der Waals surface area contributed by atoms with Gasteiger partial charge in [0, 0.05) is 13.1 Å². The minimum absolute atomic E-state index is 0.0117. The fraction of sp³-hybridized carbons (Fsp3) is 0.357. The largest absolute Gasteiger partial charge is 0.335 e. The quantitative estimate of drug-likeness (QED) is 0.811. The molecule has 1 aromatic carbocycles. The van der Waals surface area contributed by atoms with Crippen molar-refractivity contribution in [3.63, 3.8) is 0 Å². The maximum Gasteiger partial charge on any atom is 0.260 e. The number of benzene rings is 1. The zero-order chi connectivity index (χ0) is 17.4. The van der Waals surface area contributed by atoms with Crippen molar-refractivity contribution in [2.24, 2.45) is 0 Å². The van der Waals surface area contributed by atoms with E-state index < -0.39 is 30.9 Å². The van der Waals surface area contributed by atoms with Gasteiger partial charge in [-0.25, -0.2) is 26.2 Å². The lowest BCUT2D eigenvalue weighted by atomic mass is 10.2. The van der Waals surface area contributed by atoms with E-state index in [0.29, 0.717) is 0 Å². The first kappa shape index (κ1) is 17.1. The molecule has 0 amide bonds. The fourth-order valence-corrected chi connectivity index (χ4v) is 5.82. The lowest BCUT2D eigenvalue weighted by Crippen LogP contribution is -2.42. The first-order valence-corrected chi connectivity index (χ1v) is 10.3. The summed E-state index contributed by atoms with van der Waals surface area (Å²) in [5, 5.41) is -0.696. The predicted molar refractivity (Wildman–Crippen MR) is 84.0 cm³/mol. The number of hydrogen-bond donors (Lipinski definition) is 1. The van der Waals surface area contributed by atoms with E-state index >= 15 is 0 Å². The Hall–Kier alpha value is -1.78. The lowest BCUT2D eigenvalue weighted by Gasteiger charge is -2.30. The Balaban J connectivity index is 1.74. The van der Waals surface area contributed by atoms with Crippen molar-refractivity contribution in [3.8, 4) is 0 Å². The summed E-state index contributed by atoms with van der Waals surface area (Å²) in [5.74, 6) is -0.505. The Kier molecular flexibility index (Phi) is 4.45. The van der Waals surface area contributed by atoms with Gasteiger partial charge in [-0.05, 0) is 37.1 Å². The van der Waals surface area contributed by atoms with Gasteiger partial charge in [0.1, 0.15) is 5.82 Å². The molecule has 0 unspecified atom stereocenters. The van der Waals surface area contributed by atoms with E-state index in [9.17, 15) is 21.2 Å². The minimum Gasteiger partial charge on any atom is -0.335 e. The molecule has 1 aliphatic heterocycles. The van der Waals surface area contributed by atoms with Gasteiger partial charge in [0.05, 0.1) is 22.7 Å². The normalized spacial score (nSPS) is 17.9. The molecule has 24 heavy (non-hydrogen) atoms. The van der Waals surface area contributed by atoms with Gasteiger partial charge >= 0.3 is 0 Å². The molecule has 0 atom stereocenters. The number of imidazole rings is 1. The summed E-state index contributed by atoms with van der Waals surface area (Å²) in [7, 11) is -7.30. The highest BCUT2D eigenvalue weighted by atomic mass is 32.2. The maximum atomic E-state index is 13.0. The second-order valence-electron chi connectivity index (χ2n) is 5.52. The molecule has 1 fully saturated rings. The van der Waals surface area contributed by atoms with Gasteiger partial charge < -0.3 is 4.98 Å². The van der Waals surface area contributed by atoms with Gasteiger partial charge in [-0.3, -0.25) is 0 Å². The van der Waals surface area contributed by atoms with Crippen LogP contribution in [0.3, 0.4) is 0 Å². The van der Waals surface area contributed by atoms with Gasteiger partial charge in [0.2, 0.25) is 0 Å². The SMILES string of the molecule is O=S(=O)(c1ccc(F)cc1)C1CCN(S(=O)(=O)c2cnc[nH]2)CC1. The van der Waals surface area contributed by atoms with Crippen molar-refractivity contribution in [2.75, 3.05) is 13.1 Å². The van der Waals surface area contributed by atoms with Crippen molar-refractivity contribution in [3.05, 3.63) is 42.6 Å². The zero-order valence-corrected chi connectivity index (χ0v) is 14.2. The number of nitrogens with one attached hydrogen (secondary N) is 1. The Bertz CT molecular complexity index is 901. The van der Waals surface area contributed by atoms with Crippen molar-refractivity contribution in [1.29, 1.82) is 0 Å². The third-order valence-corrected chi connectivity index (χ3v) is 8.18. The van der Waals surface area contributed by atoms with Crippen LogP contribution in [0.5, 0.6) is 0 Å². The molecular weight excluding hydrogens is 357 g/mol. The molecule has 1 N–H and O–H groups in total. The Labute approximate surface area is 139 Å². The number of halogens is 1. The van der Waals surface area contributed by atoms with Gasteiger partial charge in [0.15, 0.2) is 14.9 Å². The molecule has 1 aliphatic rings. The van der Waals surface area contributed by atoms with E-state index in [0.717, 1.165) is 12.1 Å². The fourth-order valence-electron chi connectivity index (χ4n) is 2.72. The van der Waals surface area contributed by atoms with E-state index in [4.69, 9.17) is 0 Å². The number of aromatic amines is 1. The van der Waals surface area contributed by atoms with Crippen LogP contribution < -0.4 is 0 Å². The first-order chi connectivity index (χ1) is 11.3. The van der Waals surface area contributed by atoms with Crippen molar-refractivity contribution < 1.29 is 21.2 Å². The third-order valence-electron chi connectivity index (χ3n) is 4.07. The number of sulfone groups is 1. The highest BCUT2D eigenvalue weighted by molar-refractivity contribution is 7.92. The molecule has 7 nitrogen and oxygen atoms in total. The molecule has 0 saturated carbocycles. The molecule has 0 aliphatic carbocycles. The second kappa shape index (κ2) is 6.26. The second-order valence-corrected chi connectivity index (χ2v) is 9.65. The van der Waals surface area contributed by atoms with Gasteiger partial charge in [-0.2, -0.15) is 4.31 Å². The number of nitrogens with zero attached hydrogens (tertiary/aromatic N) is 2. The highest BCUT2D eigenvalue weighted by Crippen LogP contribution is 2.27. The molecule has 130 valence electrons. The number of piperidine rings is 1. The first-order valence-electron chi connectivity index (χ1n) is 7.30. The van der Waals surface area contributed by atoms with Crippen LogP contribution in [0.25, 0.3) is 0 Å². The molecule has 3 rings (SSSR count). The molecule has 1 saturated heterocycles. The lowest BCUT2D eigenvalue weighted by molar-refractivity contribution is 0.344. The number of H-pyrrole nitrogens is 1. The number of hydrogen-bond acceptors (Lipinski definition) is 5. The van der Waals surface area contributed by atoms with Gasteiger partial charge in [-0.1, -0.05) is 0 Å². The predicted octanol–water partition coefficient (Wildman–Crippen LogP) is 1.18. The average molecular weight is 373 g/mol. The molecule has 0 radical (unpaired) electrons. The van der Waals surface area contributed by atoms with Crippen LogP contribution in [0.4, 0.5) is 4.39 Å². The van der Waals surface area contributed by atoms with Crippen LogP contribution >= 0.6 is 0 Å². The summed E-state index contributed by atoms with van der Waals surface area (Å²) in [6, 6.07) is 4.67. The van der Waals surface area contributed by atoms with Crippen LogP contribution in [0.1, 0.15) is 12.8 Å². The molecule has 10 heteroatoms.